The second kappa shape index (κ2) is 7.94. The molecule has 32 heavy (non-hydrogen) atoms. The Kier molecular flexibility index (Phi) is 5.09. The van der Waals surface area contributed by atoms with Gasteiger partial charge in [0.15, 0.2) is 12.1 Å². The summed E-state index contributed by atoms with van der Waals surface area (Å²) in [7, 11) is 0. The van der Waals surface area contributed by atoms with E-state index < -0.39 is 12.1 Å². The molecular weight excluding hydrogens is 476 g/mol. The normalized spacial score (nSPS) is 20.0. The number of amides is 2. The maximum Gasteiger partial charge on any atom is 0.263 e. The van der Waals surface area contributed by atoms with E-state index >= 15 is 0 Å². The van der Waals surface area contributed by atoms with Crippen LogP contribution in [0.4, 0.5) is 5.69 Å². The monoisotopic (exact) mass is 494 g/mol. The SMILES string of the molecule is CC(C)c1ccc(N2C(=O)[C@H]3N=NN(Cc4nc(-c5cccc(Br)c5)no4)[C@@H]3C2=O)cc1. The summed E-state index contributed by atoms with van der Waals surface area (Å²) >= 11 is 3.42. The molecule has 2 aromatic carbocycles. The van der Waals surface area contributed by atoms with E-state index in [4.69, 9.17) is 4.52 Å². The second-order valence-electron chi connectivity index (χ2n) is 7.97. The first kappa shape index (κ1) is 20.5. The first-order valence-corrected chi connectivity index (χ1v) is 11.0. The Morgan fingerprint density at radius 1 is 1.09 bits per heavy atom. The summed E-state index contributed by atoms with van der Waals surface area (Å²) in [6.45, 7) is 4.25. The van der Waals surface area contributed by atoms with Gasteiger partial charge >= 0.3 is 0 Å². The summed E-state index contributed by atoms with van der Waals surface area (Å²) in [4.78, 5) is 31.6. The van der Waals surface area contributed by atoms with E-state index in [0.29, 0.717) is 17.4 Å². The minimum atomic E-state index is -0.875. The van der Waals surface area contributed by atoms with Crippen LogP contribution in [0.3, 0.4) is 0 Å². The van der Waals surface area contributed by atoms with E-state index in [-0.39, 0.29) is 24.2 Å². The van der Waals surface area contributed by atoms with Gasteiger partial charge in [0.1, 0.15) is 6.54 Å². The summed E-state index contributed by atoms with van der Waals surface area (Å²) in [6, 6.07) is 13.2. The van der Waals surface area contributed by atoms with Crippen LogP contribution in [0, 0.1) is 0 Å². The second-order valence-corrected chi connectivity index (χ2v) is 8.89. The molecule has 2 aliphatic heterocycles. The zero-order valence-electron chi connectivity index (χ0n) is 17.3. The Balaban J connectivity index is 1.35. The van der Waals surface area contributed by atoms with Crippen molar-refractivity contribution in [3.63, 3.8) is 0 Å². The van der Waals surface area contributed by atoms with Crippen LogP contribution in [0.5, 0.6) is 0 Å². The van der Waals surface area contributed by atoms with Crippen molar-refractivity contribution in [2.45, 2.75) is 38.4 Å². The number of hydrogen-bond donors (Lipinski definition) is 0. The lowest BCUT2D eigenvalue weighted by molar-refractivity contribution is -0.123. The number of rotatable bonds is 5. The Labute approximate surface area is 192 Å². The van der Waals surface area contributed by atoms with Crippen molar-refractivity contribution in [1.29, 1.82) is 0 Å². The fourth-order valence-electron chi connectivity index (χ4n) is 3.82. The molecule has 0 saturated carbocycles. The number of benzene rings is 2. The van der Waals surface area contributed by atoms with Crippen LogP contribution in [0.25, 0.3) is 11.4 Å². The van der Waals surface area contributed by atoms with Crippen molar-refractivity contribution in [3.05, 3.63) is 64.5 Å². The van der Waals surface area contributed by atoms with Gasteiger partial charge < -0.3 is 4.52 Å². The number of imide groups is 1. The van der Waals surface area contributed by atoms with Crippen LogP contribution in [0.1, 0.15) is 31.2 Å². The van der Waals surface area contributed by atoms with Crippen LogP contribution in [0.15, 0.2) is 67.9 Å². The number of carbonyl (C=O) groups excluding carboxylic acids is 2. The van der Waals surface area contributed by atoms with Crippen molar-refractivity contribution in [2.24, 2.45) is 10.3 Å². The number of nitrogens with zero attached hydrogens (tertiary/aromatic N) is 6. The molecule has 5 rings (SSSR count). The van der Waals surface area contributed by atoms with Crippen molar-refractivity contribution < 1.29 is 14.1 Å². The maximum absolute atomic E-state index is 13.2. The molecule has 3 heterocycles. The third kappa shape index (κ3) is 3.50. The van der Waals surface area contributed by atoms with Crippen LogP contribution < -0.4 is 4.90 Å². The molecule has 1 aromatic heterocycles. The fraction of sp³-hybridized carbons (Fsp3) is 0.273. The molecule has 0 bridgehead atoms. The van der Waals surface area contributed by atoms with Crippen LogP contribution >= 0.6 is 15.9 Å². The van der Waals surface area contributed by atoms with E-state index in [2.05, 4.69) is 50.3 Å². The van der Waals surface area contributed by atoms with Gasteiger partial charge in [-0.05, 0) is 35.7 Å². The molecule has 2 amide bonds. The molecule has 0 N–H and O–H groups in total. The van der Waals surface area contributed by atoms with Crippen LogP contribution in [-0.2, 0) is 16.1 Å². The topological polar surface area (TPSA) is 104 Å². The first-order valence-electron chi connectivity index (χ1n) is 10.2. The molecule has 162 valence electrons. The van der Waals surface area contributed by atoms with Crippen molar-refractivity contribution in [1.82, 2.24) is 15.1 Å². The summed E-state index contributed by atoms with van der Waals surface area (Å²) in [5, 5.41) is 13.5. The highest BCUT2D eigenvalue weighted by Gasteiger charge is 2.55. The molecule has 2 atom stereocenters. The van der Waals surface area contributed by atoms with Crippen LogP contribution in [-0.4, -0.2) is 39.0 Å². The molecule has 0 spiro atoms. The highest BCUT2D eigenvalue weighted by Crippen LogP contribution is 2.33. The molecule has 9 nitrogen and oxygen atoms in total. The largest absolute Gasteiger partial charge is 0.337 e. The quantitative estimate of drug-likeness (QED) is 0.494. The smallest absolute Gasteiger partial charge is 0.263 e. The van der Waals surface area contributed by atoms with Gasteiger partial charge in [-0.3, -0.25) is 14.6 Å². The van der Waals surface area contributed by atoms with Crippen molar-refractivity contribution in [2.75, 3.05) is 4.90 Å². The van der Waals surface area contributed by atoms with Crippen LogP contribution in [0.2, 0.25) is 0 Å². The van der Waals surface area contributed by atoms with Gasteiger partial charge in [0.2, 0.25) is 11.7 Å². The lowest BCUT2D eigenvalue weighted by atomic mass is 10.0. The zero-order chi connectivity index (χ0) is 22.4. The van der Waals surface area contributed by atoms with Crippen molar-refractivity contribution >= 4 is 33.4 Å². The van der Waals surface area contributed by atoms with E-state index in [9.17, 15) is 9.59 Å². The number of aromatic nitrogens is 2. The number of anilines is 1. The molecule has 10 heteroatoms. The average molecular weight is 495 g/mol. The standard InChI is InChI=1S/C22H19BrN6O3/c1-12(2)13-6-8-16(9-7-13)29-21(30)18-19(22(29)31)28(27-25-18)11-17-24-20(26-32-17)14-4-3-5-15(23)10-14/h3-10,12,18-19H,11H2,1-2H3/t18-,19-/m0/s1. The Morgan fingerprint density at radius 3 is 2.59 bits per heavy atom. The summed E-state index contributed by atoms with van der Waals surface area (Å²) in [5.41, 5.74) is 2.45. The predicted molar refractivity (Wildman–Crippen MR) is 118 cm³/mol. The minimum Gasteiger partial charge on any atom is -0.337 e. The summed E-state index contributed by atoms with van der Waals surface area (Å²) in [5.74, 6) is 0.307. The van der Waals surface area contributed by atoms with E-state index in [1.54, 1.807) is 12.1 Å². The van der Waals surface area contributed by atoms with Gasteiger partial charge in [0.05, 0.1) is 5.69 Å². The van der Waals surface area contributed by atoms with Gasteiger partial charge in [-0.25, -0.2) is 4.90 Å². The molecule has 0 unspecified atom stereocenters. The molecule has 1 saturated heterocycles. The van der Waals surface area contributed by atoms with Gasteiger partial charge in [-0.2, -0.15) is 10.1 Å². The highest BCUT2D eigenvalue weighted by molar-refractivity contribution is 9.10. The number of fused-ring (bicyclic) bond motifs is 1. The van der Waals surface area contributed by atoms with Gasteiger partial charge in [0.25, 0.3) is 11.8 Å². The molecule has 0 radical (unpaired) electrons. The molecule has 3 aromatic rings. The lowest BCUT2D eigenvalue weighted by Gasteiger charge is -2.19. The number of carbonyl (C=O) groups is 2. The third-order valence-corrected chi connectivity index (χ3v) is 6.02. The van der Waals surface area contributed by atoms with E-state index in [1.807, 2.05) is 36.4 Å². The molecule has 2 aliphatic rings. The van der Waals surface area contributed by atoms with Crippen molar-refractivity contribution in [3.8, 4) is 11.4 Å². The molecular formula is C22H19BrN6O3. The first-order chi connectivity index (χ1) is 15.4. The number of halogens is 1. The molecule has 0 aliphatic carbocycles. The number of hydrogen-bond acceptors (Lipinski definition) is 8. The third-order valence-electron chi connectivity index (χ3n) is 5.52. The highest BCUT2D eigenvalue weighted by atomic mass is 79.9. The fourth-order valence-corrected chi connectivity index (χ4v) is 4.22. The lowest BCUT2D eigenvalue weighted by Crippen LogP contribution is -2.39. The van der Waals surface area contributed by atoms with E-state index in [0.717, 1.165) is 15.6 Å². The van der Waals surface area contributed by atoms with E-state index in [1.165, 1.54) is 9.91 Å². The minimum absolute atomic E-state index is 0.0742. The molecule has 1 fully saturated rings. The maximum atomic E-state index is 13.2. The average Bonchev–Trinajstić information content (AvgIpc) is 3.47. The summed E-state index contributed by atoms with van der Waals surface area (Å²) < 4.78 is 6.25. The van der Waals surface area contributed by atoms with Gasteiger partial charge in [-0.1, -0.05) is 64.4 Å². The Bertz CT molecular complexity index is 1220. The van der Waals surface area contributed by atoms with Gasteiger partial charge in [-0.15, -0.1) is 0 Å². The van der Waals surface area contributed by atoms with Gasteiger partial charge in [0, 0.05) is 10.0 Å². The summed E-state index contributed by atoms with van der Waals surface area (Å²) in [6.07, 6.45) is 0. The predicted octanol–water partition coefficient (Wildman–Crippen LogP) is 4.12. The Hall–Kier alpha value is -3.40. The Morgan fingerprint density at radius 2 is 1.88 bits per heavy atom. The zero-order valence-corrected chi connectivity index (χ0v) is 18.9.